The van der Waals surface area contributed by atoms with Crippen molar-refractivity contribution in [1.82, 2.24) is 25.0 Å². The molecule has 0 fully saturated rings. The Morgan fingerprint density at radius 3 is 2.74 bits per heavy atom. The number of nitrogens with one attached hydrogen (secondary N) is 1. The van der Waals surface area contributed by atoms with Gasteiger partial charge in [-0.05, 0) is 56.7 Å². The van der Waals surface area contributed by atoms with Gasteiger partial charge in [0.25, 0.3) is 5.91 Å². The first-order valence-electron chi connectivity index (χ1n) is 9.89. The zero-order valence-corrected chi connectivity index (χ0v) is 17.6. The number of rotatable bonds is 7. The minimum Gasteiger partial charge on any atom is -0.489 e. The molecule has 4 rings (SSSR count). The number of nitrogens with zero attached hydrogens (tertiary/aromatic N) is 4. The second kappa shape index (κ2) is 8.83. The fraction of sp³-hybridized carbons (Fsp3) is 0.217. The molecule has 0 aliphatic carbocycles. The number of benzene rings is 1. The van der Waals surface area contributed by atoms with Crippen molar-refractivity contribution in [3.63, 3.8) is 0 Å². The van der Waals surface area contributed by atoms with Crippen LogP contribution in [-0.4, -0.2) is 25.6 Å². The number of ether oxygens (including phenoxy) is 1. The molecule has 0 saturated carbocycles. The predicted octanol–water partition coefficient (Wildman–Crippen LogP) is 3.69. The van der Waals surface area contributed by atoms with Gasteiger partial charge in [0.1, 0.15) is 29.8 Å². The lowest BCUT2D eigenvalue weighted by molar-refractivity contribution is 0.0950. The molecule has 0 aliphatic heterocycles. The Morgan fingerprint density at radius 1 is 1.13 bits per heavy atom. The Morgan fingerprint density at radius 2 is 2.00 bits per heavy atom. The van der Waals surface area contributed by atoms with Gasteiger partial charge in [-0.1, -0.05) is 11.2 Å². The van der Waals surface area contributed by atoms with Crippen molar-refractivity contribution in [3.8, 4) is 11.6 Å². The van der Waals surface area contributed by atoms with Crippen LogP contribution in [-0.2, 0) is 13.2 Å². The average Bonchev–Trinajstić information content (AvgIpc) is 3.35. The van der Waals surface area contributed by atoms with Crippen LogP contribution in [0.4, 0.5) is 0 Å². The Balaban J connectivity index is 1.39. The van der Waals surface area contributed by atoms with Crippen LogP contribution in [0.25, 0.3) is 5.82 Å². The molecule has 3 aromatic heterocycles. The number of aromatic nitrogens is 4. The highest BCUT2D eigenvalue weighted by Crippen LogP contribution is 2.19. The number of hydrogen-bond donors (Lipinski definition) is 1. The summed E-state index contributed by atoms with van der Waals surface area (Å²) in [5.41, 5.74) is 3.18. The Kier molecular flexibility index (Phi) is 5.79. The van der Waals surface area contributed by atoms with Crippen LogP contribution in [0.1, 0.15) is 38.8 Å². The fourth-order valence-electron chi connectivity index (χ4n) is 3.20. The summed E-state index contributed by atoms with van der Waals surface area (Å²) in [6.45, 7) is 6.35. The van der Waals surface area contributed by atoms with E-state index in [0.717, 1.165) is 34.2 Å². The van der Waals surface area contributed by atoms with E-state index in [2.05, 4.69) is 20.4 Å². The number of carbonyl (C=O) groups excluding carboxylic acids is 1. The zero-order chi connectivity index (χ0) is 21.8. The number of aryl methyl sites for hydroxylation is 3. The third-order valence-electron chi connectivity index (χ3n) is 5.00. The zero-order valence-electron chi connectivity index (χ0n) is 17.6. The number of hydrogen-bond acceptors (Lipinski definition) is 6. The second-order valence-corrected chi connectivity index (χ2v) is 7.17. The van der Waals surface area contributed by atoms with Crippen molar-refractivity contribution in [2.24, 2.45) is 0 Å². The number of pyridine rings is 1. The van der Waals surface area contributed by atoms with E-state index in [4.69, 9.17) is 9.26 Å². The van der Waals surface area contributed by atoms with E-state index in [9.17, 15) is 4.79 Å². The molecule has 0 unspecified atom stereocenters. The molecule has 0 bridgehead atoms. The molecule has 0 atom stereocenters. The summed E-state index contributed by atoms with van der Waals surface area (Å²) < 4.78 is 12.9. The third-order valence-corrected chi connectivity index (χ3v) is 5.00. The lowest BCUT2D eigenvalue weighted by Crippen LogP contribution is -2.23. The van der Waals surface area contributed by atoms with Crippen LogP contribution >= 0.6 is 0 Å². The number of carbonyl (C=O) groups is 1. The van der Waals surface area contributed by atoms with Crippen LogP contribution in [0.2, 0.25) is 0 Å². The highest BCUT2D eigenvalue weighted by molar-refractivity contribution is 5.94. The molecule has 1 amide bonds. The molecule has 1 N–H and O–H groups in total. The minimum absolute atomic E-state index is 0.181. The van der Waals surface area contributed by atoms with E-state index in [1.54, 1.807) is 30.6 Å². The molecule has 0 radical (unpaired) electrons. The van der Waals surface area contributed by atoms with Gasteiger partial charge in [0.05, 0.1) is 11.3 Å². The first-order valence-corrected chi connectivity index (χ1v) is 9.89. The molecule has 0 spiro atoms. The maximum atomic E-state index is 12.7. The smallest absolute Gasteiger partial charge is 0.251 e. The Hall–Kier alpha value is -3.94. The Bertz CT molecular complexity index is 1190. The van der Waals surface area contributed by atoms with Crippen LogP contribution < -0.4 is 10.1 Å². The summed E-state index contributed by atoms with van der Waals surface area (Å²) in [5, 5.41) is 6.87. The second-order valence-electron chi connectivity index (χ2n) is 7.17. The topological polar surface area (TPSA) is 95.1 Å². The lowest BCUT2D eigenvalue weighted by atomic mass is 10.2. The molecule has 0 saturated heterocycles. The molecule has 1 aromatic carbocycles. The maximum absolute atomic E-state index is 12.7. The molecular formula is C23H23N5O3. The van der Waals surface area contributed by atoms with Gasteiger partial charge < -0.3 is 14.6 Å². The lowest BCUT2D eigenvalue weighted by Gasteiger charge is -2.10. The van der Waals surface area contributed by atoms with Gasteiger partial charge in [0, 0.05) is 30.7 Å². The molecule has 4 aromatic rings. The third kappa shape index (κ3) is 4.63. The standard InChI is InChI=1S/C23H23N5O3/c1-15-21(16(2)31-27-15)14-30-20-6-4-5-19(12-20)23(29)26-13-18-7-8-25-22(11-18)28-10-9-24-17(28)3/h4-12H,13-14H2,1-3H3,(H,26,29). The molecular weight excluding hydrogens is 394 g/mol. The van der Waals surface area contributed by atoms with Crippen LogP contribution in [0.15, 0.2) is 59.5 Å². The number of imidazole rings is 1. The summed E-state index contributed by atoms with van der Waals surface area (Å²) >= 11 is 0. The van der Waals surface area contributed by atoms with E-state index in [-0.39, 0.29) is 5.91 Å². The van der Waals surface area contributed by atoms with Crippen LogP contribution in [0, 0.1) is 20.8 Å². The minimum atomic E-state index is -0.181. The fourth-order valence-corrected chi connectivity index (χ4v) is 3.20. The van der Waals surface area contributed by atoms with Crippen molar-refractivity contribution in [2.75, 3.05) is 0 Å². The summed E-state index contributed by atoms with van der Waals surface area (Å²) in [6.07, 6.45) is 5.31. The average molecular weight is 417 g/mol. The van der Waals surface area contributed by atoms with Gasteiger partial charge >= 0.3 is 0 Å². The summed E-state index contributed by atoms with van der Waals surface area (Å²) in [7, 11) is 0. The van der Waals surface area contributed by atoms with E-state index in [1.165, 1.54) is 0 Å². The van der Waals surface area contributed by atoms with Crippen molar-refractivity contribution in [1.29, 1.82) is 0 Å². The van der Waals surface area contributed by atoms with E-state index in [0.29, 0.717) is 24.5 Å². The van der Waals surface area contributed by atoms with Crippen LogP contribution in [0.3, 0.4) is 0 Å². The van der Waals surface area contributed by atoms with Crippen molar-refractivity contribution in [2.45, 2.75) is 33.9 Å². The quantitative estimate of drug-likeness (QED) is 0.493. The van der Waals surface area contributed by atoms with Gasteiger partial charge in [-0.15, -0.1) is 0 Å². The monoisotopic (exact) mass is 417 g/mol. The normalized spacial score (nSPS) is 10.8. The van der Waals surface area contributed by atoms with Gasteiger partial charge in [-0.2, -0.15) is 0 Å². The Labute approximate surface area is 179 Å². The largest absolute Gasteiger partial charge is 0.489 e. The highest BCUT2D eigenvalue weighted by Gasteiger charge is 2.11. The highest BCUT2D eigenvalue weighted by atomic mass is 16.5. The van der Waals surface area contributed by atoms with E-state index >= 15 is 0 Å². The molecule has 0 aliphatic rings. The summed E-state index contributed by atoms with van der Waals surface area (Å²) in [6, 6.07) is 10.9. The summed E-state index contributed by atoms with van der Waals surface area (Å²) in [5.74, 6) is 2.77. The molecule has 3 heterocycles. The molecule has 8 nitrogen and oxygen atoms in total. The van der Waals surface area contributed by atoms with E-state index in [1.807, 2.05) is 49.7 Å². The maximum Gasteiger partial charge on any atom is 0.251 e. The van der Waals surface area contributed by atoms with Crippen molar-refractivity contribution >= 4 is 5.91 Å². The first kappa shape index (κ1) is 20.3. The van der Waals surface area contributed by atoms with Gasteiger partial charge in [-0.25, -0.2) is 9.97 Å². The molecule has 8 heteroatoms. The van der Waals surface area contributed by atoms with Crippen LogP contribution in [0.5, 0.6) is 5.75 Å². The van der Waals surface area contributed by atoms with Crippen molar-refractivity contribution < 1.29 is 14.1 Å². The molecule has 31 heavy (non-hydrogen) atoms. The van der Waals surface area contributed by atoms with Crippen molar-refractivity contribution in [3.05, 3.63) is 89.0 Å². The summed E-state index contributed by atoms with van der Waals surface area (Å²) in [4.78, 5) is 21.3. The van der Waals surface area contributed by atoms with Gasteiger partial charge in [0.15, 0.2) is 0 Å². The van der Waals surface area contributed by atoms with Gasteiger partial charge in [-0.3, -0.25) is 9.36 Å². The first-order chi connectivity index (χ1) is 15.0. The van der Waals surface area contributed by atoms with E-state index < -0.39 is 0 Å². The predicted molar refractivity (Wildman–Crippen MR) is 114 cm³/mol. The number of amides is 1. The molecule has 158 valence electrons. The SMILES string of the molecule is Cc1noc(C)c1COc1cccc(C(=O)NCc2ccnc(-n3ccnc3C)c2)c1. The van der Waals surface area contributed by atoms with Gasteiger partial charge in [0.2, 0.25) is 0 Å².